The lowest BCUT2D eigenvalue weighted by molar-refractivity contribution is 0.290. The van der Waals surface area contributed by atoms with E-state index in [2.05, 4.69) is 187 Å². The van der Waals surface area contributed by atoms with Crippen molar-refractivity contribution in [1.29, 1.82) is 5.26 Å². The quantitative estimate of drug-likeness (QED) is 0.0896. The first kappa shape index (κ1) is 36.1. The molecule has 280 valence electrons. The van der Waals surface area contributed by atoms with Gasteiger partial charge in [0.15, 0.2) is 0 Å². The van der Waals surface area contributed by atoms with E-state index in [0.29, 0.717) is 0 Å². The summed E-state index contributed by atoms with van der Waals surface area (Å²) in [5, 5.41) is 12.5. The second-order valence-electron chi connectivity index (χ2n) is 15.2. The first-order valence-electron chi connectivity index (χ1n) is 20.1. The number of aromatic nitrogens is 1. The average Bonchev–Trinajstić information content (AvgIpc) is 3.78. The lowest BCUT2D eigenvalue weighted by Gasteiger charge is -2.34. The highest BCUT2D eigenvalue weighted by molar-refractivity contribution is 6.10. The van der Waals surface area contributed by atoms with E-state index in [1.807, 2.05) is 18.2 Å². The predicted molar refractivity (Wildman–Crippen MR) is 236 cm³/mol. The molecule has 5 nitrogen and oxygen atoms in total. The van der Waals surface area contributed by atoms with Crippen molar-refractivity contribution in [3.63, 3.8) is 0 Å². The molecule has 4 unspecified atom stereocenters. The predicted octanol–water partition coefficient (Wildman–Crippen LogP) is 11.4. The van der Waals surface area contributed by atoms with E-state index in [4.69, 9.17) is 5.84 Å². The van der Waals surface area contributed by atoms with Crippen LogP contribution in [0.5, 0.6) is 0 Å². The number of para-hydroxylation sites is 2. The Morgan fingerprint density at radius 2 is 1.65 bits per heavy atom. The van der Waals surface area contributed by atoms with Crippen LogP contribution in [0, 0.1) is 23.2 Å². The molecule has 4 atom stereocenters. The van der Waals surface area contributed by atoms with Crippen molar-refractivity contribution in [3.05, 3.63) is 209 Å². The van der Waals surface area contributed by atoms with Crippen LogP contribution in [0.1, 0.15) is 44.2 Å². The summed E-state index contributed by atoms with van der Waals surface area (Å²) in [5.41, 5.74) is 16.8. The van der Waals surface area contributed by atoms with E-state index in [1.165, 1.54) is 55.5 Å². The monoisotopic (exact) mass is 741 g/mol. The van der Waals surface area contributed by atoms with Gasteiger partial charge in [-0.05, 0) is 115 Å². The van der Waals surface area contributed by atoms with Crippen LogP contribution in [-0.2, 0) is 0 Å². The Balaban J connectivity index is 1.16. The molecule has 0 saturated carbocycles. The Hall–Kier alpha value is -6.61. The number of nitrogens with two attached hydrogens (primary N) is 1. The molecule has 3 N–H and O–H groups in total. The van der Waals surface area contributed by atoms with Gasteiger partial charge in [-0.25, -0.2) is 0 Å². The minimum absolute atomic E-state index is 0.0927. The summed E-state index contributed by atoms with van der Waals surface area (Å²) in [7, 11) is 0. The van der Waals surface area contributed by atoms with Gasteiger partial charge in [0.2, 0.25) is 0 Å². The van der Waals surface area contributed by atoms with Gasteiger partial charge in [0, 0.05) is 39.6 Å². The van der Waals surface area contributed by atoms with Crippen LogP contribution in [0.15, 0.2) is 198 Å². The molecule has 1 saturated heterocycles. The van der Waals surface area contributed by atoms with E-state index < -0.39 is 0 Å². The van der Waals surface area contributed by atoms with E-state index >= 15 is 0 Å². The maximum Gasteiger partial charge on any atom is 0.0947 e. The number of rotatable bonds is 9. The lowest BCUT2D eigenvalue weighted by atomic mass is 9.77. The molecule has 9 rings (SSSR count). The first-order valence-corrected chi connectivity index (χ1v) is 20.1. The summed E-state index contributed by atoms with van der Waals surface area (Å²) in [4.78, 5) is 2.62. The van der Waals surface area contributed by atoms with E-state index in [-0.39, 0.29) is 23.9 Å². The van der Waals surface area contributed by atoms with Crippen molar-refractivity contribution in [1.82, 2.24) is 14.9 Å². The summed E-state index contributed by atoms with van der Waals surface area (Å²) < 4.78 is 2.38. The Morgan fingerprint density at radius 1 is 0.877 bits per heavy atom. The fourth-order valence-corrected chi connectivity index (χ4v) is 9.46. The number of hydrogen-bond donors (Lipinski definition) is 2. The van der Waals surface area contributed by atoms with Gasteiger partial charge in [-0.3, -0.25) is 5.84 Å². The van der Waals surface area contributed by atoms with Gasteiger partial charge in [-0.1, -0.05) is 121 Å². The summed E-state index contributed by atoms with van der Waals surface area (Å²) in [5.74, 6) is 6.29. The lowest BCUT2D eigenvalue weighted by Crippen LogP contribution is -2.36. The minimum atomic E-state index is -0.0927. The van der Waals surface area contributed by atoms with Crippen LogP contribution >= 0.6 is 0 Å². The number of nitriles is 1. The highest BCUT2D eigenvalue weighted by atomic mass is 15.2. The number of nitrogens with one attached hydrogen (secondary N) is 1. The van der Waals surface area contributed by atoms with Crippen LogP contribution in [0.25, 0.3) is 38.8 Å². The van der Waals surface area contributed by atoms with Crippen LogP contribution in [0.2, 0.25) is 0 Å². The molecular weight excluding hydrogens is 695 g/mol. The fourth-order valence-electron chi connectivity index (χ4n) is 9.46. The minimum Gasteiger partial charge on any atom is -0.357 e. The summed E-state index contributed by atoms with van der Waals surface area (Å²) in [6.45, 7) is 4.24. The van der Waals surface area contributed by atoms with Crippen molar-refractivity contribution in [2.45, 2.75) is 45.2 Å². The third kappa shape index (κ3) is 6.52. The molecule has 0 radical (unpaired) electrons. The smallest absolute Gasteiger partial charge is 0.0947 e. The molecule has 4 aromatic carbocycles. The van der Waals surface area contributed by atoms with Gasteiger partial charge in [0.25, 0.3) is 0 Å². The third-order valence-corrected chi connectivity index (χ3v) is 12.1. The van der Waals surface area contributed by atoms with Crippen LogP contribution in [0.3, 0.4) is 0 Å². The van der Waals surface area contributed by atoms with Gasteiger partial charge >= 0.3 is 0 Å². The van der Waals surface area contributed by atoms with Gasteiger partial charge in [-0.15, -0.1) is 0 Å². The topological polar surface area (TPSA) is 70.0 Å². The van der Waals surface area contributed by atoms with E-state index in [1.54, 1.807) is 0 Å². The summed E-state index contributed by atoms with van der Waals surface area (Å²) >= 11 is 0. The van der Waals surface area contributed by atoms with Crippen LogP contribution in [0.4, 0.5) is 0 Å². The molecule has 0 amide bonds. The van der Waals surface area contributed by atoms with Crippen molar-refractivity contribution >= 4 is 33.1 Å². The van der Waals surface area contributed by atoms with Gasteiger partial charge in [-0.2, -0.15) is 5.26 Å². The third-order valence-electron chi connectivity index (χ3n) is 12.1. The number of hydrogen-bond acceptors (Lipinski definition) is 4. The molecule has 2 heterocycles. The number of nitrogens with zero attached hydrogens (tertiary/aromatic N) is 3. The molecule has 1 fully saturated rings. The normalized spacial score (nSPS) is 21.3. The fraction of sp³-hybridized carbons (Fsp3) is 0.173. The molecule has 5 aromatic rings. The van der Waals surface area contributed by atoms with Crippen molar-refractivity contribution in [3.8, 4) is 11.8 Å². The molecule has 1 aliphatic heterocycles. The number of allylic oxidation sites excluding steroid dienone is 12. The molecule has 0 bridgehead atoms. The first-order chi connectivity index (χ1) is 28.1. The summed E-state index contributed by atoms with van der Waals surface area (Å²) in [6, 6.07) is 39.5. The number of fused-ring (bicyclic) bond motifs is 6. The zero-order valence-corrected chi connectivity index (χ0v) is 32.5. The second kappa shape index (κ2) is 15.5. The van der Waals surface area contributed by atoms with Gasteiger partial charge in [0.1, 0.15) is 0 Å². The number of benzene rings is 4. The number of likely N-dealkylation sites (tertiary alicyclic amines) is 1. The molecule has 0 spiro atoms. The van der Waals surface area contributed by atoms with Crippen LogP contribution < -0.4 is 11.3 Å². The standard InChI is InChI=1S/C52H47N5/c1-3-14-41(4-2)56-51-27-24-38(37-23-26-50-45(30-37)43-21-11-12-22-49(43)57(50)42-19-9-6-10-20-42)31-46(51)47-32-40(25-28-52(47)56)44(39-18-13-15-35(29-39)34-53)33-48(55-54)36-16-7-5-8-17-36/h3-12,14,16-26,28-33,44,47,51-52,55H,13,15,27,54H2,1-2H3/b14-3-,41-4+,48-33-. The van der Waals surface area contributed by atoms with E-state index in [0.717, 1.165) is 41.7 Å². The molecule has 5 heteroatoms. The molecule has 57 heavy (non-hydrogen) atoms. The molecule has 3 aliphatic carbocycles. The van der Waals surface area contributed by atoms with Crippen molar-refractivity contribution in [2.24, 2.45) is 17.7 Å². The van der Waals surface area contributed by atoms with Gasteiger partial charge < -0.3 is 14.9 Å². The van der Waals surface area contributed by atoms with Crippen LogP contribution in [-0.4, -0.2) is 21.6 Å². The summed E-state index contributed by atoms with van der Waals surface area (Å²) in [6.07, 6.45) is 27.9. The zero-order valence-electron chi connectivity index (χ0n) is 32.5. The van der Waals surface area contributed by atoms with E-state index in [9.17, 15) is 5.26 Å². The maximum absolute atomic E-state index is 9.94. The molecule has 4 aliphatic rings. The van der Waals surface area contributed by atoms with Gasteiger partial charge in [0.05, 0.1) is 34.9 Å². The Morgan fingerprint density at radius 3 is 2.42 bits per heavy atom. The second-order valence-corrected chi connectivity index (χ2v) is 15.2. The Bertz CT molecular complexity index is 2690. The number of hydrazine groups is 1. The highest BCUT2D eigenvalue weighted by Gasteiger charge is 2.45. The average molecular weight is 742 g/mol. The Labute approximate surface area is 335 Å². The largest absolute Gasteiger partial charge is 0.357 e. The van der Waals surface area contributed by atoms with Crippen molar-refractivity contribution in [2.75, 3.05) is 0 Å². The maximum atomic E-state index is 9.94. The molecular formula is C52H47N5. The van der Waals surface area contributed by atoms with Crippen molar-refractivity contribution < 1.29 is 0 Å². The molecule has 1 aromatic heterocycles. The highest BCUT2D eigenvalue weighted by Crippen LogP contribution is 2.48. The SMILES string of the molecule is C/C=C\C(=C/C)N1C2CC=C(c3ccc4c(c3)c3ccccc3n4-c3ccccc3)C=C2C2C=C(C(/C=C(\NN)c3ccccc3)C3=CCCC(C#N)=C3)C=CC21. The Kier molecular flexibility index (Phi) is 9.80. The zero-order chi connectivity index (χ0) is 38.9.